The van der Waals surface area contributed by atoms with E-state index in [4.69, 9.17) is 11.5 Å². The summed E-state index contributed by atoms with van der Waals surface area (Å²) in [7, 11) is 0. The topological polar surface area (TPSA) is 72.3 Å². The molecule has 0 unspecified atom stereocenters. The van der Waals surface area contributed by atoms with Crippen LogP contribution in [0.4, 0.5) is 0 Å². The SMILES string of the molecule is NCC[C@@H](N)c1ccc(Br)cc1O. The lowest BCUT2D eigenvalue weighted by molar-refractivity contribution is 0.459. The van der Waals surface area contributed by atoms with Crippen LogP contribution in [0.2, 0.25) is 0 Å². The predicted octanol–water partition coefficient (Wildman–Crippen LogP) is 1.50. The minimum absolute atomic E-state index is 0.182. The van der Waals surface area contributed by atoms with Crippen LogP contribution in [-0.2, 0) is 0 Å². The van der Waals surface area contributed by atoms with Crippen LogP contribution in [0.25, 0.3) is 0 Å². The Labute approximate surface area is 85.9 Å². The number of halogens is 1. The van der Waals surface area contributed by atoms with Crippen LogP contribution in [0.5, 0.6) is 5.75 Å². The lowest BCUT2D eigenvalue weighted by Gasteiger charge is -2.12. The normalized spacial score (nSPS) is 12.8. The zero-order chi connectivity index (χ0) is 9.84. The highest BCUT2D eigenvalue weighted by Gasteiger charge is 2.09. The maximum atomic E-state index is 9.54. The van der Waals surface area contributed by atoms with Crippen LogP contribution in [0, 0.1) is 0 Å². The van der Waals surface area contributed by atoms with Crippen molar-refractivity contribution < 1.29 is 5.11 Å². The lowest BCUT2D eigenvalue weighted by Crippen LogP contribution is -2.15. The van der Waals surface area contributed by atoms with Gasteiger partial charge < -0.3 is 16.6 Å². The van der Waals surface area contributed by atoms with E-state index < -0.39 is 0 Å². The smallest absolute Gasteiger partial charge is 0.121 e. The van der Waals surface area contributed by atoms with Crippen molar-refractivity contribution in [3.05, 3.63) is 28.2 Å². The Hall–Kier alpha value is -0.580. The van der Waals surface area contributed by atoms with Crippen LogP contribution in [0.3, 0.4) is 0 Å². The Morgan fingerprint density at radius 2 is 2.15 bits per heavy atom. The van der Waals surface area contributed by atoms with Crippen molar-refractivity contribution in [2.75, 3.05) is 6.54 Å². The van der Waals surface area contributed by atoms with Gasteiger partial charge in [-0.1, -0.05) is 22.0 Å². The minimum Gasteiger partial charge on any atom is -0.508 e. The van der Waals surface area contributed by atoms with Gasteiger partial charge in [-0.15, -0.1) is 0 Å². The molecule has 0 saturated heterocycles. The first-order chi connectivity index (χ1) is 6.15. The summed E-state index contributed by atoms with van der Waals surface area (Å²) < 4.78 is 0.841. The summed E-state index contributed by atoms with van der Waals surface area (Å²) in [4.78, 5) is 0. The quantitative estimate of drug-likeness (QED) is 0.755. The van der Waals surface area contributed by atoms with Crippen molar-refractivity contribution in [2.45, 2.75) is 12.5 Å². The Bertz CT molecular complexity index is 291. The van der Waals surface area contributed by atoms with Gasteiger partial charge in [-0.25, -0.2) is 0 Å². The van der Waals surface area contributed by atoms with Gasteiger partial charge in [0.15, 0.2) is 0 Å². The van der Waals surface area contributed by atoms with Gasteiger partial charge in [0, 0.05) is 16.1 Å². The van der Waals surface area contributed by atoms with Crippen molar-refractivity contribution in [1.82, 2.24) is 0 Å². The molecule has 0 saturated carbocycles. The molecule has 0 amide bonds. The molecule has 5 N–H and O–H groups in total. The molecule has 1 rings (SSSR count). The number of nitrogens with two attached hydrogens (primary N) is 2. The molecule has 0 spiro atoms. The third kappa shape index (κ3) is 2.69. The van der Waals surface area contributed by atoms with Gasteiger partial charge in [0.2, 0.25) is 0 Å². The van der Waals surface area contributed by atoms with Crippen LogP contribution < -0.4 is 11.5 Å². The second-order valence-electron chi connectivity index (χ2n) is 2.89. The summed E-state index contributed by atoms with van der Waals surface area (Å²) in [5.74, 6) is 0.218. The summed E-state index contributed by atoms with van der Waals surface area (Å²) in [6, 6.07) is 5.11. The molecule has 1 atom stereocenters. The van der Waals surface area contributed by atoms with E-state index in [-0.39, 0.29) is 11.8 Å². The van der Waals surface area contributed by atoms with Gasteiger partial charge in [0.05, 0.1) is 0 Å². The molecule has 13 heavy (non-hydrogen) atoms. The molecule has 0 fully saturated rings. The van der Waals surface area contributed by atoms with E-state index in [9.17, 15) is 5.11 Å². The highest BCUT2D eigenvalue weighted by molar-refractivity contribution is 9.10. The van der Waals surface area contributed by atoms with E-state index in [2.05, 4.69) is 15.9 Å². The number of phenolic OH excluding ortho intramolecular Hbond substituents is 1. The molecule has 4 heteroatoms. The van der Waals surface area contributed by atoms with Crippen molar-refractivity contribution in [1.29, 1.82) is 0 Å². The molecule has 0 radical (unpaired) electrons. The van der Waals surface area contributed by atoms with Crippen LogP contribution in [0.15, 0.2) is 22.7 Å². The first-order valence-corrected chi connectivity index (χ1v) is 4.88. The van der Waals surface area contributed by atoms with Crippen molar-refractivity contribution in [3.8, 4) is 5.75 Å². The third-order valence-electron chi connectivity index (χ3n) is 1.87. The zero-order valence-corrected chi connectivity index (χ0v) is 8.79. The maximum absolute atomic E-state index is 9.54. The largest absolute Gasteiger partial charge is 0.508 e. The maximum Gasteiger partial charge on any atom is 0.121 e. The highest BCUT2D eigenvalue weighted by Crippen LogP contribution is 2.27. The second kappa shape index (κ2) is 4.60. The average molecular weight is 245 g/mol. The first-order valence-electron chi connectivity index (χ1n) is 4.09. The standard InChI is InChI=1S/C9H13BrN2O/c10-6-1-2-7(9(13)5-6)8(12)3-4-11/h1-2,5,8,13H,3-4,11-12H2/t8-/m1/s1. The number of benzene rings is 1. The number of rotatable bonds is 3. The van der Waals surface area contributed by atoms with Gasteiger partial charge in [-0.3, -0.25) is 0 Å². The molecule has 0 bridgehead atoms. The summed E-state index contributed by atoms with van der Waals surface area (Å²) in [5.41, 5.74) is 11.9. The number of hydrogen-bond acceptors (Lipinski definition) is 3. The van der Waals surface area contributed by atoms with E-state index >= 15 is 0 Å². The number of aromatic hydroxyl groups is 1. The van der Waals surface area contributed by atoms with Crippen molar-refractivity contribution in [2.24, 2.45) is 11.5 Å². The van der Waals surface area contributed by atoms with Gasteiger partial charge in [-0.05, 0) is 25.1 Å². The molecule has 3 nitrogen and oxygen atoms in total. The van der Waals surface area contributed by atoms with E-state index in [1.807, 2.05) is 6.07 Å². The Morgan fingerprint density at radius 3 is 2.69 bits per heavy atom. The molecular formula is C9H13BrN2O. The van der Waals surface area contributed by atoms with E-state index in [0.29, 0.717) is 13.0 Å². The predicted molar refractivity (Wildman–Crippen MR) is 56.4 cm³/mol. The van der Waals surface area contributed by atoms with Gasteiger partial charge in [0.1, 0.15) is 5.75 Å². The van der Waals surface area contributed by atoms with E-state index in [1.54, 1.807) is 12.1 Å². The van der Waals surface area contributed by atoms with E-state index in [1.165, 1.54) is 0 Å². The fourth-order valence-electron chi connectivity index (χ4n) is 1.17. The molecule has 0 aliphatic heterocycles. The summed E-state index contributed by atoms with van der Waals surface area (Å²) in [5, 5.41) is 9.54. The van der Waals surface area contributed by atoms with Crippen LogP contribution in [-0.4, -0.2) is 11.7 Å². The molecule has 1 aromatic rings. The zero-order valence-electron chi connectivity index (χ0n) is 7.20. The fourth-order valence-corrected chi connectivity index (χ4v) is 1.51. The Kier molecular flexibility index (Phi) is 3.71. The second-order valence-corrected chi connectivity index (χ2v) is 3.80. The van der Waals surface area contributed by atoms with Crippen molar-refractivity contribution in [3.63, 3.8) is 0 Å². The Morgan fingerprint density at radius 1 is 1.46 bits per heavy atom. The molecule has 0 aromatic heterocycles. The van der Waals surface area contributed by atoms with Gasteiger partial charge >= 0.3 is 0 Å². The lowest BCUT2D eigenvalue weighted by atomic mass is 10.0. The van der Waals surface area contributed by atoms with Crippen molar-refractivity contribution >= 4 is 15.9 Å². The molecule has 1 aromatic carbocycles. The molecule has 0 aliphatic carbocycles. The first kappa shape index (κ1) is 10.5. The summed E-state index contributed by atoms with van der Waals surface area (Å²) in [6.45, 7) is 0.524. The highest BCUT2D eigenvalue weighted by atomic mass is 79.9. The monoisotopic (exact) mass is 244 g/mol. The Balaban J connectivity index is 2.88. The molecule has 0 heterocycles. The number of hydrogen-bond donors (Lipinski definition) is 3. The molecule has 0 aliphatic rings. The van der Waals surface area contributed by atoms with E-state index in [0.717, 1.165) is 10.0 Å². The van der Waals surface area contributed by atoms with Gasteiger partial charge in [-0.2, -0.15) is 0 Å². The molecular weight excluding hydrogens is 232 g/mol. The molecule has 72 valence electrons. The fraction of sp³-hybridized carbons (Fsp3) is 0.333. The summed E-state index contributed by atoms with van der Waals surface area (Å²) >= 11 is 3.26. The van der Waals surface area contributed by atoms with Crippen LogP contribution in [0.1, 0.15) is 18.0 Å². The van der Waals surface area contributed by atoms with Crippen LogP contribution >= 0.6 is 15.9 Å². The third-order valence-corrected chi connectivity index (χ3v) is 2.36. The minimum atomic E-state index is -0.182. The summed E-state index contributed by atoms with van der Waals surface area (Å²) in [6.07, 6.45) is 0.676. The average Bonchev–Trinajstić information content (AvgIpc) is 2.04. The van der Waals surface area contributed by atoms with Gasteiger partial charge in [0.25, 0.3) is 0 Å². The number of phenols is 1.